The van der Waals surface area contributed by atoms with E-state index in [1.165, 1.54) is 13.1 Å². The molecule has 2 aromatic rings. The van der Waals surface area contributed by atoms with Gasteiger partial charge in [-0.1, -0.05) is 12.1 Å². The van der Waals surface area contributed by atoms with E-state index in [1.807, 2.05) is 31.2 Å². The van der Waals surface area contributed by atoms with E-state index in [4.69, 9.17) is 0 Å². The first-order valence-corrected chi connectivity index (χ1v) is 7.97. The molecule has 0 unspecified atom stereocenters. The Kier molecular flexibility index (Phi) is 3.36. The average molecular weight is 349 g/mol. The third-order valence-corrected chi connectivity index (χ3v) is 4.29. The van der Waals surface area contributed by atoms with E-state index in [0.29, 0.717) is 17.2 Å². The van der Waals surface area contributed by atoms with Crippen molar-refractivity contribution in [3.05, 3.63) is 72.9 Å². The Morgan fingerprint density at radius 2 is 1.81 bits per heavy atom. The second-order valence-electron chi connectivity index (χ2n) is 6.20. The Bertz CT molecular complexity index is 1330. The fourth-order valence-electron chi connectivity index (χ4n) is 3.02. The zero-order valence-corrected chi connectivity index (χ0v) is 14.4. The molecule has 0 spiro atoms. The van der Waals surface area contributed by atoms with Crippen LogP contribution in [-0.2, 0) is 7.05 Å². The van der Waals surface area contributed by atoms with Crippen molar-refractivity contribution in [3.8, 4) is 17.1 Å². The summed E-state index contributed by atoms with van der Waals surface area (Å²) in [6.45, 7) is 3.59. The first-order chi connectivity index (χ1) is 12.4. The summed E-state index contributed by atoms with van der Waals surface area (Å²) in [5.74, 6) is 0.600. The Hall–Kier alpha value is -3.55. The van der Waals surface area contributed by atoms with Crippen LogP contribution in [0.3, 0.4) is 0 Å². The van der Waals surface area contributed by atoms with Gasteiger partial charge in [0, 0.05) is 12.7 Å². The summed E-state index contributed by atoms with van der Waals surface area (Å²) in [5, 5.41) is 0.252. The van der Waals surface area contributed by atoms with E-state index in [-0.39, 0.29) is 22.3 Å². The molecule has 2 aliphatic heterocycles. The molecular weight excluding hydrogens is 334 g/mol. The van der Waals surface area contributed by atoms with Gasteiger partial charge in [-0.25, -0.2) is 9.78 Å². The second-order valence-corrected chi connectivity index (χ2v) is 6.20. The smallest absolute Gasteiger partial charge is 0.310 e. The lowest BCUT2D eigenvalue weighted by Crippen LogP contribution is -2.36. The molecule has 0 fully saturated rings. The van der Waals surface area contributed by atoms with Crippen molar-refractivity contribution in [2.45, 2.75) is 13.8 Å². The van der Waals surface area contributed by atoms with Crippen LogP contribution in [0.5, 0.6) is 0 Å². The maximum Gasteiger partial charge on any atom is 0.352 e. The molecule has 8 heteroatoms. The molecule has 1 aromatic carbocycles. The largest absolute Gasteiger partial charge is 0.352 e. The number of hydrogen-bond donors (Lipinski definition) is 1. The molecule has 0 bridgehead atoms. The molecule has 4 rings (SSSR count). The van der Waals surface area contributed by atoms with Crippen LogP contribution in [0.25, 0.3) is 28.1 Å². The first kappa shape index (κ1) is 15.9. The highest BCUT2D eigenvalue weighted by Gasteiger charge is 2.21. The minimum Gasteiger partial charge on any atom is -0.310 e. The summed E-state index contributed by atoms with van der Waals surface area (Å²) < 4.78 is 2.51. The molecule has 0 amide bonds. The van der Waals surface area contributed by atoms with Gasteiger partial charge in [-0.3, -0.25) is 18.7 Å². The van der Waals surface area contributed by atoms with Gasteiger partial charge in [-0.15, -0.1) is 0 Å². The van der Waals surface area contributed by atoms with E-state index in [2.05, 4.69) is 15.0 Å². The second kappa shape index (κ2) is 5.48. The van der Waals surface area contributed by atoms with Gasteiger partial charge in [0.25, 0.3) is 11.1 Å². The van der Waals surface area contributed by atoms with Crippen LogP contribution in [-0.4, -0.2) is 24.1 Å². The van der Waals surface area contributed by atoms with Gasteiger partial charge in [0.2, 0.25) is 0 Å². The van der Waals surface area contributed by atoms with Crippen molar-refractivity contribution in [1.82, 2.24) is 24.1 Å². The minimum absolute atomic E-state index is 0.175. The number of nitrogens with zero attached hydrogens (tertiary/aromatic N) is 4. The lowest BCUT2D eigenvalue weighted by Gasteiger charge is -2.17. The molecule has 8 nitrogen and oxygen atoms in total. The van der Waals surface area contributed by atoms with Crippen molar-refractivity contribution >= 4 is 11.0 Å². The van der Waals surface area contributed by atoms with Gasteiger partial charge in [-0.2, -0.15) is 4.98 Å². The number of benzene rings is 1. The van der Waals surface area contributed by atoms with Crippen LogP contribution in [0, 0.1) is 13.8 Å². The van der Waals surface area contributed by atoms with Crippen molar-refractivity contribution < 1.29 is 0 Å². The first-order valence-electron chi connectivity index (χ1n) is 7.97. The fraction of sp³-hybridized carbons (Fsp3) is 0.167. The Labute approximate surface area is 146 Å². The molecule has 0 saturated heterocycles. The molecular formula is C18H15N5O3. The molecule has 26 heavy (non-hydrogen) atoms. The minimum atomic E-state index is -0.662. The number of fused-ring (bicyclic) bond motifs is 2. The monoisotopic (exact) mass is 349 g/mol. The van der Waals surface area contributed by atoms with Crippen LogP contribution in [0.1, 0.15) is 11.4 Å². The zero-order chi connectivity index (χ0) is 18.6. The van der Waals surface area contributed by atoms with Gasteiger partial charge in [-0.05, 0) is 37.6 Å². The Balaban J connectivity index is 2.34. The van der Waals surface area contributed by atoms with Crippen molar-refractivity contribution in [1.29, 1.82) is 0 Å². The highest BCUT2D eigenvalue weighted by atomic mass is 16.2. The van der Waals surface area contributed by atoms with E-state index in [9.17, 15) is 14.4 Å². The molecule has 3 heterocycles. The fourth-order valence-corrected chi connectivity index (χ4v) is 3.02. The van der Waals surface area contributed by atoms with Crippen LogP contribution in [0.2, 0.25) is 0 Å². The number of aromatic amines is 1. The molecule has 130 valence electrons. The third kappa shape index (κ3) is 2.26. The molecule has 0 saturated carbocycles. The van der Waals surface area contributed by atoms with E-state index in [0.717, 1.165) is 10.1 Å². The molecule has 0 aliphatic carbocycles. The quantitative estimate of drug-likeness (QED) is 0.514. The van der Waals surface area contributed by atoms with Crippen LogP contribution in [0.4, 0.5) is 0 Å². The Morgan fingerprint density at radius 3 is 2.54 bits per heavy atom. The van der Waals surface area contributed by atoms with E-state index in [1.54, 1.807) is 11.5 Å². The number of aryl methyl sites for hydroxylation is 2. The maximum atomic E-state index is 12.6. The predicted octanol–water partition coefficient (Wildman–Crippen LogP) is 0.889. The molecule has 0 atom stereocenters. The molecule has 2 aliphatic rings. The van der Waals surface area contributed by atoms with Crippen LogP contribution < -0.4 is 16.8 Å². The van der Waals surface area contributed by atoms with Crippen LogP contribution >= 0.6 is 0 Å². The summed E-state index contributed by atoms with van der Waals surface area (Å²) in [5.41, 5.74) is 0.630. The lowest BCUT2D eigenvalue weighted by molar-refractivity contribution is 0.765. The number of rotatable bonds is 1. The highest BCUT2D eigenvalue weighted by molar-refractivity contribution is 5.83. The molecule has 1 aromatic heterocycles. The van der Waals surface area contributed by atoms with Gasteiger partial charge in [0.15, 0.2) is 11.5 Å². The van der Waals surface area contributed by atoms with Gasteiger partial charge < -0.3 is 4.98 Å². The maximum absolute atomic E-state index is 12.6. The number of aromatic nitrogens is 5. The number of pyridine rings is 1. The summed E-state index contributed by atoms with van der Waals surface area (Å²) in [4.78, 5) is 48.3. The van der Waals surface area contributed by atoms with E-state index < -0.39 is 11.2 Å². The summed E-state index contributed by atoms with van der Waals surface area (Å²) in [7, 11) is 1.36. The molecule has 0 radical (unpaired) electrons. The number of H-pyrrole nitrogens is 1. The van der Waals surface area contributed by atoms with Gasteiger partial charge in [0.05, 0.1) is 10.9 Å². The SMILES string of the molecule is Cc1cccc(-n2c3nc(=O)n(C)c(=O)c-3cc3c(=O)[nH]c(C)nc32)c1. The van der Waals surface area contributed by atoms with Crippen molar-refractivity contribution in [2.24, 2.45) is 7.05 Å². The Morgan fingerprint density at radius 1 is 1.04 bits per heavy atom. The van der Waals surface area contributed by atoms with Crippen molar-refractivity contribution in [2.75, 3.05) is 0 Å². The highest BCUT2D eigenvalue weighted by Crippen LogP contribution is 2.25. The zero-order valence-electron chi connectivity index (χ0n) is 14.4. The summed E-state index contributed by atoms with van der Waals surface area (Å²) in [6.07, 6.45) is 0. The number of hydrogen-bond acceptors (Lipinski definition) is 5. The normalized spacial score (nSPS) is 11.3. The summed E-state index contributed by atoms with van der Waals surface area (Å²) in [6, 6.07) is 8.90. The van der Waals surface area contributed by atoms with E-state index >= 15 is 0 Å². The summed E-state index contributed by atoms with van der Waals surface area (Å²) >= 11 is 0. The van der Waals surface area contributed by atoms with Crippen molar-refractivity contribution in [3.63, 3.8) is 0 Å². The average Bonchev–Trinajstić information content (AvgIpc) is 2.58. The standard InChI is InChI=1S/C18H15N5O3/c1-9-5-4-6-11(7-9)23-14-12(16(24)20-10(2)19-14)8-13-15(23)21-18(26)22(3)17(13)25/h4-8H,1-3H3,(H,19,20,24). The number of nitrogens with one attached hydrogen (secondary N) is 1. The predicted molar refractivity (Wildman–Crippen MR) is 97.1 cm³/mol. The van der Waals surface area contributed by atoms with Gasteiger partial charge in [0.1, 0.15) is 5.82 Å². The molecule has 1 N–H and O–H groups in total. The van der Waals surface area contributed by atoms with Crippen LogP contribution in [0.15, 0.2) is 44.7 Å². The lowest BCUT2D eigenvalue weighted by atomic mass is 10.1. The third-order valence-electron chi connectivity index (χ3n) is 4.29. The van der Waals surface area contributed by atoms with Gasteiger partial charge >= 0.3 is 5.69 Å². The topological polar surface area (TPSA) is 103 Å².